The van der Waals surface area contributed by atoms with Gasteiger partial charge in [0.15, 0.2) is 0 Å². The van der Waals surface area contributed by atoms with Gasteiger partial charge in [-0.25, -0.2) is 23.1 Å². The molecule has 0 aliphatic rings. The van der Waals surface area contributed by atoms with E-state index in [0.29, 0.717) is 17.1 Å². The van der Waals surface area contributed by atoms with Crippen LogP contribution in [-0.2, 0) is 0 Å². The van der Waals surface area contributed by atoms with Crippen molar-refractivity contribution in [3.8, 4) is 40.2 Å². The SMILES string of the molecule is COc1ccc(-c2cc(C#N)cc(-c3ccc(OC)cc3)[o+]2)cc1.[O-][Cl+3]([O-])([O-])[O-]. The van der Waals surface area contributed by atoms with Gasteiger partial charge in [0.1, 0.15) is 11.5 Å². The second kappa shape index (κ2) is 9.84. The molecule has 0 spiro atoms. The lowest BCUT2D eigenvalue weighted by Crippen LogP contribution is -2.68. The molecule has 0 atom stereocenters. The molecule has 9 heteroatoms. The highest BCUT2D eigenvalue weighted by Crippen LogP contribution is 2.30. The van der Waals surface area contributed by atoms with E-state index in [1.54, 1.807) is 26.4 Å². The molecule has 0 saturated heterocycles. The minimum absolute atomic E-state index is 0.540. The largest absolute Gasteiger partial charge is 0.497 e. The van der Waals surface area contributed by atoms with Crippen LogP contribution in [0.5, 0.6) is 11.5 Å². The Morgan fingerprint density at radius 2 is 1.10 bits per heavy atom. The van der Waals surface area contributed by atoms with Crippen LogP contribution in [0.2, 0.25) is 0 Å². The smallest absolute Gasteiger partial charge is 0.362 e. The maximum absolute atomic E-state index is 9.31. The second-order valence-corrected chi connectivity index (χ2v) is 6.28. The van der Waals surface area contributed by atoms with Crippen molar-refractivity contribution >= 4 is 0 Å². The zero-order valence-corrected chi connectivity index (χ0v) is 16.2. The molecular formula is C20H16ClNO7. The molecule has 3 rings (SSSR count). The third kappa shape index (κ3) is 7.04. The van der Waals surface area contributed by atoms with Crippen molar-refractivity contribution in [3.63, 3.8) is 0 Å². The molecule has 0 saturated carbocycles. The Bertz CT molecular complexity index is 906. The Morgan fingerprint density at radius 3 is 1.38 bits per heavy atom. The third-order valence-electron chi connectivity index (χ3n) is 3.67. The molecule has 29 heavy (non-hydrogen) atoms. The van der Waals surface area contributed by atoms with Crippen LogP contribution in [0.1, 0.15) is 5.56 Å². The maximum Gasteiger partial charge on any atom is 0.362 e. The summed E-state index contributed by atoms with van der Waals surface area (Å²) >= 11 is 0. The van der Waals surface area contributed by atoms with Crippen LogP contribution in [0.25, 0.3) is 22.6 Å². The van der Waals surface area contributed by atoms with E-state index in [-0.39, 0.29) is 0 Å². The Hall–Kier alpha value is -3.19. The minimum Gasteiger partial charge on any atom is -0.497 e. The number of benzene rings is 2. The van der Waals surface area contributed by atoms with Crippen LogP contribution in [-0.4, -0.2) is 14.2 Å². The van der Waals surface area contributed by atoms with Crippen molar-refractivity contribution in [2.24, 2.45) is 0 Å². The van der Waals surface area contributed by atoms with E-state index < -0.39 is 10.2 Å². The summed E-state index contributed by atoms with van der Waals surface area (Å²) in [6.07, 6.45) is 0. The van der Waals surface area contributed by atoms with E-state index in [9.17, 15) is 5.26 Å². The molecule has 0 aliphatic carbocycles. The van der Waals surface area contributed by atoms with Crippen LogP contribution >= 0.6 is 0 Å². The zero-order chi connectivity index (χ0) is 21.4. The van der Waals surface area contributed by atoms with Crippen molar-refractivity contribution in [2.75, 3.05) is 14.2 Å². The molecule has 8 nitrogen and oxygen atoms in total. The normalized spacial score (nSPS) is 10.4. The average molecular weight is 418 g/mol. The molecule has 0 amide bonds. The summed E-state index contributed by atoms with van der Waals surface area (Å²) in [6.45, 7) is 0. The minimum atomic E-state index is -4.94. The Kier molecular flexibility index (Phi) is 7.50. The molecule has 0 fully saturated rings. The third-order valence-corrected chi connectivity index (χ3v) is 3.67. The molecule has 150 valence electrons. The van der Waals surface area contributed by atoms with Gasteiger partial charge < -0.3 is 9.47 Å². The van der Waals surface area contributed by atoms with Crippen LogP contribution < -0.4 is 28.1 Å². The lowest BCUT2D eigenvalue weighted by molar-refractivity contribution is -2.00. The molecule has 0 radical (unpaired) electrons. The molecule has 0 unspecified atom stereocenters. The number of hydrogen-bond donors (Lipinski definition) is 0. The van der Waals surface area contributed by atoms with Gasteiger partial charge in [-0.1, -0.05) is 0 Å². The first kappa shape index (κ1) is 22.1. The van der Waals surface area contributed by atoms with E-state index in [1.165, 1.54) is 0 Å². The van der Waals surface area contributed by atoms with E-state index >= 15 is 0 Å². The van der Waals surface area contributed by atoms with Crippen molar-refractivity contribution in [2.45, 2.75) is 0 Å². The summed E-state index contributed by atoms with van der Waals surface area (Å²) in [5.41, 5.74) is 2.29. The van der Waals surface area contributed by atoms with Crippen LogP contribution in [0.15, 0.2) is 65.1 Å². The topological polar surface area (TPSA) is 146 Å². The first-order chi connectivity index (χ1) is 13.7. The fraction of sp³-hybridized carbons (Fsp3) is 0.100. The molecule has 3 aromatic rings. The lowest BCUT2D eigenvalue weighted by atomic mass is 10.1. The number of nitriles is 1. The zero-order valence-electron chi connectivity index (χ0n) is 15.5. The monoisotopic (exact) mass is 417 g/mol. The second-order valence-electron chi connectivity index (χ2n) is 5.52. The number of hydrogen-bond acceptors (Lipinski definition) is 7. The molecule has 1 aromatic heterocycles. The Balaban J connectivity index is 0.000000537. The molecule has 2 aromatic carbocycles. The Morgan fingerprint density at radius 1 is 0.759 bits per heavy atom. The van der Waals surface area contributed by atoms with Crippen molar-refractivity contribution in [1.29, 1.82) is 5.26 Å². The van der Waals surface area contributed by atoms with Gasteiger partial charge in [-0.05, 0) is 48.5 Å². The van der Waals surface area contributed by atoms with Gasteiger partial charge in [-0.15, -0.1) is 10.2 Å². The first-order valence-electron chi connectivity index (χ1n) is 8.02. The predicted molar refractivity (Wildman–Crippen MR) is 91.8 cm³/mol. The van der Waals surface area contributed by atoms with Gasteiger partial charge in [-0.3, -0.25) is 0 Å². The molecule has 0 bridgehead atoms. The molecule has 1 heterocycles. The van der Waals surface area contributed by atoms with E-state index in [2.05, 4.69) is 6.07 Å². The molecule has 0 aliphatic heterocycles. The highest BCUT2D eigenvalue weighted by molar-refractivity contribution is 5.66. The van der Waals surface area contributed by atoms with Crippen molar-refractivity contribution < 1.29 is 42.8 Å². The van der Waals surface area contributed by atoms with Crippen LogP contribution in [0, 0.1) is 21.6 Å². The van der Waals surface area contributed by atoms with Crippen LogP contribution in [0.4, 0.5) is 0 Å². The van der Waals surface area contributed by atoms with E-state index in [0.717, 1.165) is 22.6 Å². The fourth-order valence-corrected chi connectivity index (χ4v) is 2.36. The predicted octanol–water partition coefficient (Wildman–Crippen LogP) is 0.0276. The quantitative estimate of drug-likeness (QED) is 0.540. The Labute approximate surface area is 169 Å². The summed E-state index contributed by atoms with van der Waals surface area (Å²) in [5.74, 6) is 2.79. The lowest BCUT2D eigenvalue weighted by Gasteiger charge is -2.17. The number of halogens is 1. The summed E-state index contributed by atoms with van der Waals surface area (Å²) in [4.78, 5) is 0. The highest BCUT2D eigenvalue weighted by Gasteiger charge is 2.20. The number of rotatable bonds is 4. The van der Waals surface area contributed by atoms with Gasteiger partial charge >= 0.3 is 11.5 Å². The number of methoxy groups -OCH3 is 2. The van der Waals surface area contributed by atoms with E-state index in [1.807, 2.05) is 48.5 Å². The van der Waals surface area contributed by atoms with E-state index in [4.69, 9.17) is 32.5 Å². The summed E-state index contributed by atoms with van der Waals surface area (Å²) in [6, 6.07) is 20.7. The van der Waals surface area contributed by atoms with Gasteiger partial charge in [0.25, 0.3) is 0 Å². The van der Waals surface area contributed by atoms with Crippen LogP contribution in [0.3, 0.4) is 0 Å². The fourth-order valence-electron chi connectivity index (χ4n) is 2.36. The van der Waals surface area contributed by atoms with Gasteiger partial charge in [0.05, 0.1) is 49.1 Å². The number of nitrogens with zero attached hydrogens (tertiary/aromatic N) is 1. The van der Waals surface area contributed by atoms with Gasteiger partial charge in [0, 0.05) is 0 Å². The summed E-state index contributed by atoms with van der Waals surface area (Å²) in [7, 11) is -1.70. The van der Waals surface area contributed by atoms with Crippen molar-refractivity contribution in [3.05, 3.63) is 66.2 Å². The summed E-state index contributed by atoms with van der Waals surface area (Å²) < 4.78 is 50.3. The standard InChI is InChI=1S/C20H16NO3.ClHO4/c1-22-17-7-3-15(4-8-17)19-11-14(13-21)12-20(24-19)16-5-9-18(23-2)10-6-16;2-1(3,4)5/h3-12H,1-2H3;(H,2,3,4,5)/q+1;/p-1. The summed E-state index contributed by atoms with van der Waals surface area (Å²) in [5, 5.41) is 9.31. The van der Waals surface area contributed by atoms with Gasteiger partial charge in [0.2, 0.25) is 0 Å². The molecule has 0 N–H and O–H groups in total. The van der Waals surface area contributed by atoms with Crippen molar-refractivity contribution in [1.82, 2.24) is 0 Å². The maximum atomic E-state index is 9.31. The average Bonchev–Trinajstić information content (AvgIpc) is 2.72. The molecular weight excluding hydrogens is 402 g/mol. The first-order valence-corrected chi connectivity index (χ1v) is 9.26. The highest BCUT2D eigenvalue weighted by atomic mass is 35.7. The van der Waals surface area contributed by atoms with Gasteiger partial charge in [-0.2, -0.15) is 5.26 Å². The number of ether oxygens (including phenoxy) is 2.